The summed E-state index contributed by atoms with van der Waals surface area (Å²) in [5, 5.41) is 8.16. The van der Waals surface area contributed by atoms with E-state index in [0.29, 0.717) is 6.04 Å². The molecule has 0 aliphatic carbocycles. The maximum atomic E-state index is 5.15. The summed E-state index contributed by atoms with van der Waals surface area (Å²) >= 11 is 0. The van der Waals surface area contributed by atoms with Gasteiger partial charge in [0.25, 0.3) is 0 Å². The molecule has 1 heterocycles. The number of ether oxygens (including phenoxy) is 1. The Morgan fingerprint density at radius 2 is 1.95 bits per heavy atom. The first-order chi connectivity index (χ1) is 10.1. The standard InChI is InChI=1S/C17H25N3O/c1-13(12-21-4)18-10-17-14(2)19-20(15(17)3)11-16-8-6-5-7-9-16/h5-9,13,18H,10-12H2,1-4H3. The molecule has 2 rings (SSSR count). The van der Waals surface area contributed by atoms with Crippen LogP contribution in [-0.2, 0) is 17.8 Å². The predicted molar refractivity (Wildman–Crippen MR) is 85.4 cm³/mol. The quantitative estimate of drug-likeness (QED) is 0.851. The molecule has 0 spiro atoms. The molecular formula is C17H25N3O. The third-order valence-electron chi connectivity index (χ3n) is 3.75. The summed E-state index contributed by atoms with van der Waals surface area (Å²) in [6.45, 7) is 8.71. The van der Waals surface area contributed by atoms with E-state index in [1.165, 1.54) is 16.8 Å². The van der Waals surface area contributed by atoms with Gasteiger partial charge in [0.1, 0.15) is 0 Å². The summed E-state index contributed by atoms with van der Waals surface area (Å²) in [5.41, 5.74) is 4.89. The highest BCUT2D eigenvalue weighted by Gasteiger charge is 2.12. The third-order valence-corrected chi connectivity index (χ3v) is 3.75. The minimum Gasteiger partial charge on any atom is -0.383 e. The molecule has 0 aliphatic rings. The lowest BCUT2D eigenvalue weighted by Crippen LogP contribution is -2.29. The van der Waals surface area contributed by atoms with Crippen LogP contribution in [0.4, 0.5) is 0 Å². The van der Waals surface area contributed by atoms with Gasteiger partial charge in [0.05, 0.1) is 18.8 Å². The Kier molecular flexibility index (Phi) is 5.53. The van der Waals surface area contributed by atoms with E-state index in [1.807, 2.05) is 6.07 Å². The highest BCUT2D eigenvalue weighted by atomic mass is 16.5. The van der Waals surface area contributed by atoms with E-state index >= 15 is 0 Å². The summed E-state index contributed by atoms with van der Waals surface area (Å²) in [6, 6.07) is 10.8. The Morgan fingerprint density at radius 1 is 1.24 bits per heavy atom. The molecule has 0 aliphatic heterocycles. The zero-order chi connectivity index (χ0) is 15.2. The third kappa shape index (κ3) is 4.16. The van der Waals surface area contributed by atoms with Gasteiger partial charge in [-0.05, 0) is 26.3 Å². The summed E-state index contributed by atoms with van der Waals surface area (Å²) in [4.78, 5) is 0. The first kappa shape index (κ1) is 15.7. The second-order valence-electron chi connectivity index (χ2n) is 5.53. The van der Waals surface area contributed by atoms with Crippen molar-refractivity contribution in [1.82, 2.24) is 15.1 Å². The Morgan fingerprint density at radius 3 is 2.62 bits per heavy atom. The molecule has 0 amide bonds. The fourth-order valence-corrected chi connectivity index (χ4v) is 2.49. The number of methoxy groups -OCH3 is 1. The lowest BCUT2D eigenvalue weighted by atomic mass is 10.2. The van der Waals surface area contributed by atoms with Crippen molar-refractivity contribution in [1.29, 1.82) is 0 Å². The molecule has 4 heteroatoms. The van der Waals surface area contributed by atoms with Crippen LogP contribution in [0.1, 0.15) is 29.4 Å². The monoisotopic (exact) mass is 287 g/mol. The Bertz CT molecular complexity index is 563. The SMILES string of the molecule is COCC(C)NCc1c(C)nn(Cc2ccccc2)c1C. The van der Waals surface area contributed by atoms with E-state index in [1.54, 1.807) is 7.11 Å². The molecule has 0 saturated carbocycles. The molecule has 0 fully saturated rings. The van der Waals surface area contributed by atoms with Crippen LogP contribution in [0.3, 0.4) is 0 Å². The van der Waals surface area contributed by atoms with E-state index in [9.17, 15) is 0 Å². The minimum atomic E-state index is 0.339. The van der Waals surface area contributed by atoms with Crippen molar-refractivity contribution in [2.75, 3.05) is 13.7 Å². The van der Waals surface area contributed by atoms with Crippen molar-refractivity contribution in [2.45, 2.75) is 39.9 Å². The molecular weight excluding hydrogens is 262 g/mol. The summed E-state index contributed by atoms with van der Waals surface area (Å²) in [6.07, 6.45) is 0. The van der Waals surface area contributed by atoms with Gasteiger partial charge in [-0.3, -0.25) is 4.68 Å². The normalized spacial score (nSPS) is 12.6. The van der Waals surface area contributed by atoms with Crippen LogP contribution in [0.25, 0.3) is 0 Å². The average molecular weight is 287 g/mol. The van der Waals surface area contributed by atoms with Crippen LogP contribution in [0.15, 0.2) is 30.3 Å². The van der Waals surface area contributed by atoms with Crippen LogP contribution in [0.5, 0.6) is 0 Å². The van der Waals surface area contributed by atoms with Crippen LogP contribution in [-0.4, -0.2) is 29.5 Å². The van der Waals surface area contributed by atoms with Gasteiger partial charge in [0.15, 0.2) is 0 Å². The molecule has 1 aromatic heterocycles. The van der Waals surface area contributed by atoms with Gasteiger partial charge in [-0.1, -0.05) is 30.3 Å². The van der Waals surface area contributed by atoms with Crippen molar-refractivity contribution in [3.8, 4) is 0 Å². The number of aryl methyl sites for hydroxylation is 1. The van der Waals surface area contributed by atoms with E-state index < -0.39 is 0 Å². The molecule has 1 atom stereocenters. The van der Waals surface area contributed by atoms with E-state index in [0.717, 1.165) is 25.4 Å². The first-order valence-electron chi connectivity index (χ1n) is 7.41. The second kappa shape index (κ2) is 7.38. The number of benzene rings is 1. The molecule has 1 aromatic carbocycles. The maximum absolute atomic E-state index is 5.15. The Balaban J connectivity index is 2.07. The summed E-state index contributed by atoms with van der Waals surface area (Å²) in [5.74, 6) is 0. The van der Waals surface area contributed by atoms with Crippen molar-refractivity contribution >= 4 is 0 Å². The number of nitrogens with one attached hydrogen (secondary N) is 1. The van der Waals surface area contributed by atoms with Crippen LogP contribution < -0.4 is 5.32 Å². The molecule has 0 radical (unpaired) electrons. The Labute approximate surface area is 127 Å². The smallest absolute Gasteiger partial charge is 0.0662 e. The van der Waals surface area contributed by atoms with Crippen molar-refractivity contribution in [3.05, 3.63) is 52.8 Å². The predicted octanol–water partition coefficient (Wildman–Crippen LogP) is 2.67. The molecule has 0 bridgehead atoms. The van der Waals surface area contributed by atoms with E-state index in [-0.39, 0.29) is 0 Å². The van der Waals surface area contributed by atoms with Gasteiger partial charge in [-0.25, -0.2) is 0 Å². The number of rotatable bonds is 7. The highest BCUT2D eigenvalue weighted by Crippen LogP contribution is 2.14. The zero-order valence-corrected chi connectivity index (χ0v) is 13.4. The molecule has 1 unspecified atom stereocenters. The minimum absolute atomic E-state index is 0.339. The van der Waals surface area contributed by atoms with E-state index in [4.69, 9.17) is 4.74 Å². The van der Waals surface area contributed by atoms with E-state index in [2.05, 4.69) is 60.1 Å². The number of hydrogen-bond acceptors (Lipinski definition) is 3. The first-order valence-corrected chi connectivity index (χ1v) is 7.41. The molecule has 4 nitrogen and oxygen atoms in total. The molecule has 0 saturated heterocycles. The van der Waals surface area contributed by atoms with Crippen LogP contribution >= 0.6 is 0 Å². The molecule has 21 heavy (non-hydrogen) atoms. The fraction of sp³-hybridized carbons (Fsp3) is 0.471. The van der Waals surface area contributed by atoms with Gasteiger partial charge in [0.2, 0.25) is 0 Å². The van der Waals surface area contributed by atoms with Gasteiger partial charge < -0.3 is 10.1 Å². The Hall–Kier alpha value is -1.65. The summed E-state index contributed by atoms with van der Waals surface area (Å²) < 4.78 is 7.24. The van der Waals surface area contributed by atoms with Crippen LogP contribution in [0.2, 0.25) is 0 Å². The molecule has 1 N–H and O–H groups in total. The van der Waals surface area contributed by atoms with Gasteiger partial charge in [0, 0.05) is 31.0 Å². The lowest BCUT2D eigenvalue weighted by molar-refractivity contribution is 0.171. The average Bonchev–Trinajstić information content (AvgIpc) is 2.73. The van der Waals surface area contributed by atoms with Gasteiger partial charge in [-0.15, -0.1) is 0 Å². The molecule has 114 valence electrons. The second-order valence-corrected chi connectivity index (χ2v) is 5.53. The lowest BCUT2D eigenvalue weighted by Gasteiger charge is -2.13. The fourth-order valence-electron chi connectivity index (χ4n) is 2.49. The van der Waals surface area contributed by atoms with Gasteiger partial charge >= 0.3 is 0 Å². The van der Waals surface area contributed by atoms with Crippen molar-refractivity contribution < 1.29 is 4.74 Å². The topological polar surface area (TPSA) is 39.1 Å². The number of hydrogen-bond donors (Lipinski definition) is 1. The number of aromatic nitrogens is 2. The molecule has 2 aromatic rings. The largest absolute Gasteiger partial charge is 0.383 e. The number of nitrogens with zero attached hydrogens (tertiary/aromatic N) is 2. The maximum Gasteiger partial charge on any atom is 0.0662 e. The van der Waals surface area contributed by atoms with Crippen molar-refractivity contribution in [2.24, 2.45) is 0 Å². The van der Waals surface area contributed by atoms with Crippen molar-refractivity contribution in [3.63, 3.8) is 0 Å². The van der Waals surface area contributed by atoms with Crippen LogP contribution in [0, 0.1) is 13.8 Å². The zero-order valence-electron chi connectivity index (χ0n) is 13.4. The highest BCUT2D eigenvalue weighted by molar-refractivity contribution is 5.26. The van der Waals surface area contributed by atoms with Gasteiger partial charge in [-0.2, -0.15) is 5.10 Å². The summed E-state index contributed by atoms with van der Waals surface area (Å²) in [7, 11) is 1.73.